The third kappa shape index (κ3) is 4.33. The Balaban J connectivity index is 0.00000121. The summed E-state index contributed by atoms with van der Waals surface area (Å²) in [6.45, 7) is 4.66. The number of piperazine rings is 1. The Hall–Kier alpha value is -0.880. The molecule has 1 saturated heterocycles. The molecule has 1 N–H and O–H groups in total. The summed E-state index contributed by atoms with van der Waals surface area (Å²) in [7, 11) is 1.71. The van der Waals surface area contributed by atoms with E-state index in [0.717, 1.165) is 49.3 Å². The Morgan fingerprint density at radius 2 is 1.81 bits per heavy atom. The highest BCUT2D eigenvalue weighted by Crippen LogP contribution is 2.46. The molecule has 4 rings (SSSR count). The molecule has 26 heavy (non-hydrogen) atoms. The summed E-state index contributed by atoms with van der Waals surface area (Å²) in [5.41, 5.74) is 1.32. The first kappa shape index (κ1) is 21.4. The molecule has 1 aromatic carbocycles. The van der Waals surface area contributed by atoms with Crippen molar-refractivity contribution < 1.29 is 14.2 Å². The number of benzene rings is 1. The van der Waals surface area contributed by atoms with Crippen LogP contribution in [0.15, 0.2) is 12.1 Å². The minimum atomic E-state index is 0. The Bertz CT molecular complexity index is 558. The van der Waals surface area contributed by atoms with Crippen LogP contribution in [-0.4, -0.2) is 45.0 Å². The summed E-state index contributed by atoms with van der Waals surface area (Å²) in [6, 6.07) is 4.82. The van der Waals surface area contributed by atoms with Crippen molar-refractivity contribution in [3.8, 4) is 17.2 Å². The van der Waals surface area contributed by atoms with Gasteiger partial charge in [0, 0.05) is 32.2 Å². The van der Waals surface area contributed by atoms with Crippen LogP contribution in [0.25, 0.3) is 0 Å². The van der Waals surface area contributed by atoms with Gasteiger partial charge in [-0.15, -0.1) is 24.8 Å². The van der Waals surface area contributed by atoms with Gasteiger partial charge in [0.05, 0.1) is 7.11 Å². The molecule has 0 unspecified atom stereocenters. The van der Waals surface area contributed by atoms with Crippen molar-refractivity contribution in [2.45, 2.75) is 38.1 Å². The molecular formula is C19H30Cl2N2O3. The van der Waals surface area contributed by atoms with Crippen molar-refractivity contribution in [2.75, 3.05) is 40.1 Å². The number of nitrogens with zero attached hydrogens (tertiary/aromatic N) is 1. The molecule has 1 saturated carbocycles. The van der Waals surface area contributed by atoms with Crippen LogP contribution in [-0.2, 0) is 0 Å². The maximum atomic E-state index is 5.67. The number of hydrogen-bond donors (Lipinski definition) is 1. The van der Waals surface area contributed by atoms with Crippen LogP contribution in [0.1, 0.15) is 43.7 Å². The van der Waals surface area contributed by atoms with E-state index in [1.165, 1.54) is 37.7 Å². The van der Waals surface area contributed by atoms with Crippen LogP contribution in [0.3, 0.4) is 0 Å². The van der Waals surface area contributed by atoms with Gasteiger partial charge in [0.2, 0.25) is 12.5 Å². The van der Waals surface area contributed by atoms with Crippen LogP contribution < -0.4 is 19.5 Å². The molecule has 2 fully saturated rings. The first-order valence-electron chi connectivity index (χ1n) is 9.29. The van der Waals surface area contributed by atoms with E-state index in [-0.39, 0.29) is 31.6 Å². The third-order valence-electron chi connectivity index (χ3n) is 5.66. The van der Waals surface area contributed by atoms with Gasteiger partial charge in [-0.1, -0.05) is 19.3 Å². The van der Waals surface area contributed by atoms with Crippen molar-refractivity contribution >= 4 is 24.8 Å². The summed E-state index contributed by atoms with van der Waals surface area (Å²) in [4.78, 5) is 2.66. The van der Waals surface area contributed by atoms with Crippen molar-refractivity contribution in [1.82, 2.24) is 10.2 Å². The van der Waals surface area contributed by atoms with Crippen LogP contribution in [0.2, 0.25) is 0 Å². The van der Waals surface area contributed by atoms with Crippen LogP contribution in [0, 0.1) is 5.92 Å². The molecular weight excluding hydrogens is 375 g/mol. The molecule has 2 aliphatic heterocycles. The summed E-state index contributed by atoms with van der Waals surface area (Å²) < 4.78 is 16.8. The lowest BCUT2D eigenvalue weighted by atomic mass is 9.80. The number of methoxy groups -OCH3 is 1. The zero-order valence-electron chi connectivity index (χ0n) is 15.4. The summed E-state index contributed by atoms with van der Waals surface area (Å²) in [5, 5.41) is 3.48. The van der Waals surface area contributed by atoms with Crippen molar-refractivity contribution in [2.24, 2.45) is 5.92 Å². The average Bonchev–Trinajstić information content (AvgIpc) is 3.12. The second-order valence-corrected chi connectivity index (χ2v) is 7.09. The topological polar surface area (TPSA) is 43.0 Å². The predicted molar refractivity (Wildman–Crippen MR) is 107 cm³/mol. The zero-order valence-corrected chi connectivity index (χ0v) is 17.0. The van der Waals surface area contributed by atoms with Crippen molar-refractivity contribution in [3.63, 3.8) is 0 Å². The SMILES string of the molecule is COc1cc([C@H](C2CCCCC2)N2CCNCC2)cc2c1OCO2.Cl.Cl. The Morgan fingerprint density at radius 3 is 2.50 bits per heavy atom. The van der Waals surface area contributed by atoms with Gasteiger partial charge < -0.3 is 19.5 Å². The molecule has 3 aliphatic rings. The number of nitrogens with one attached hydrogen (secondary N) is 1. The van der Waals surface area contributed by atoms with Gasteiger partial charge in [-0.2, -0.15) is 0 Å². The summed E-state index contributed by atoms with van der Waals surface area (Å²) in [5.74, 6) is 3.11. The molecule has 1 aromatic rings. The molecule has 0 aromatic heterocycles. The molecule has 148 valence electrons. The highest BCUT2D eigenvalue weighted by atomic mass is 35.5. The quantitative estimate of drug-likeness (QED) is 0.826. The van der Waals surface area contributed by atoms with Gasteiger partial charge in [-0.25, -0.2) is 0 Å². The number of hydrogen-bond acceptors (Lipinski definition) is 5. The Kier molecular flexibility index (Phi) is 8.14. The number of ether oxygens (including phenoxy) is 3. The lowest BCUT2D eigenvalue weighted by molar-refractivity contribution is 0.103. The highest BCUT2D eigenvalue weighted by Gasteiger charge is 2.33. The Labute approximate surface area is 168 Å². The predicted octanol–water partition coefficient (Wildman–Crippen LogP) is 3.79. The average molecular weight is 405 g/mol. The number of rotatable bonds is 4. The van der Waals surface area contributed by atoms with Gasteiger partial charge in [0.15, 0.2) is 11.5 Å². The molecule has 0 amide bonds. The minimum absolute atomic E-state index is 0. The second-order valence-electron chi connectivity index (χ2n) is 7.09. The number of fused-ring (bicyclic) bond motifs is 1. The maximum absolute atomic E-state index is 5.67. The van der Waals surface area contributed by atoms with E-state index in [2.05, 4.69) is 22.3 Å². The van der Waals surface area contributed by atoms with Crippen LogP contribution in [0.4, 0.5) is 0 Å². The fourth-order valence-electron chi connectivity index (χ4n) is 4.51. The molecule has 0 bridgehead atoms. The minimum Gasteiger partial charge on any atom is -0.493 e. The molecule has 1 aliphatic carbocycles. The van der Waals surface area contributed by atoms with Crippen molar-refractivity contribution in [1.29, 1.82) is 0 Å². The lowest BCUT2D eigenvalue weighted by Gasteiger charge is -2.41. The smallest absolute Gasteiger partial charge is 0.231 e. The van der Waals surface area contributed by atoms with Gasteiger partial charge in [0.1, 0.15) is 0 Å². The zero-order chi connectivity index (χ0) is 16.4. The van der Waals surface area contributed by atoms with E-state index in [4.69, 9.17) is 14.2 Å². The fraction of sp³-hybridized carbons (Fsp3) is 0.684. The van der Waals surface area contributed by atoms with Gasteiger partial charge in [0.25, 0.3) is 0 Å². The van der Waals surface area contributed by atoms with E-state index in [1.54, 1.807) is 7.11 Å². The molecule has 5 nitrogen and oxygen atoms in total. The van der Waals surface area contributed by atoms with Crippen LogP contribution in [0.5, 0.6) is 17.2 Å². The standard InChI is InChI=1S/C19H28N2O3.2ClH/c1-22-16-11-15(12-17-19(16)24-13-23-17)18(14-5-3-2-4-6-14)21-9-7-20-8-10-21;;/h11-12,14,18,20H,2-10,13H2,1H3;2*1H/t18-;;/m0../s1. The normalized spacial score (nSPS) is 21.4. The first-order valence-corrected chi connectivity index (χ1v) is 9.29. The molecule has 0 spiro atoms. The molecule has 0 radical (unpaired) electrons. The fourth-order valence-corrected chi connectivity index (χ4v) is 4.51. The molecule has 2 heterocycles. The second kappa shape index (κ2) is 9.88. The van der Waals surface area contributed by atoms with Gasteiger partial charge >= 0.3 is 0 Å². The molecule has 7 heteroatoms. The van der Waals surface area contributed by atoms with Gasteiger partial charge in [-0.05, 0) is 36.5 Å². The monoisotopic (exact) mass is 404 g/mol. The third-order valence-corrected chi connectivity index (χ3v) is 5.66. The summed E-state index contributed by atoms with van der Waals surface area (Å²) >= 11 is 0. The Morgan fingerprint density at radius 1 is 1.08 bits per heavy atom. The summed E-state index contributed by atoms with van der Waals surface area (Å²) in [6.07, 6.45) is 6.75. The maximum Gasteiger partial charge on any atom is 0.231 e. The van der Waals surface area contributed by atoms with E-state index in [0.29, 0.717) is 6.04 Å². The van der Waals surface area contributed by atoms with Crippen LogP contribution >= 0.6 is 24.8 Å². The van der Waals surface area contributed by atoms with E-state index < -0.39 is 0 Å². The lowest BCUT2D eigenvalue weighted by Crippen LogP contribution is -2.47. The largest absolute Gasteiger partial charge is 0.493 e. The molecule has 1 atom stereocenters. The highest BCUT2D eigenvalue weighted by molar-refractivity contribution is 5.85. The van der Waals surface area contributed by atoms with Gasteiger partial charge in [-0.3, -0.25) is 4.90 Å². The number of halogens is 2. The van der Waals surface area contributed by atoms with E-state index >= 15 is 0 Å². The first-order chi connectivity index (χ1) is 11.9. The van der Waals surface area contributed by atoms with Crippen molar-refractivity contribution in [3.05, 3.63) is 17.7 Å². The van der Waals surface area contributed by atoms with E-state index in [9.17, 15) is 0 Å². The van der Waals surface area contributed by atoms with E-state index in [1.807, 2.05) is 0 Å².